The first kappa shape index (κ1) is 21.1. The average Bonchev–Trinajstić information content (AvgIpc) is 3.28. The lowest BCUT2D eigenvalue weighted by atomic mass is 10.1. The lowest BCUT2D eigenvalue weighted by Gasteiger charge is -2.32. The Labute approximate surface area is 192 Å². The van der Waals surface area contributed by atoms with Gasteiger partial charge in [0.15, 0.2) is 0 Å². The molecule has 1 saturated heterocycles. The fraction of sp³-hybridized carbons (Fsp3) is 0.280. The van der Waals surface area contributed by atoms with Crippen molar-refractivity contribution in [1.82, 2.24) is 25.3 Å². The van der Waals surface area contributed by atoms with Crippen molar-refractivity contribution >= 4 is 22.6 Å². The number of nitrogens with zero attached hydrogens (tertiary/aromatic N) is 4. The Bertz CT molecular complexity index is 1260. The van der Waals surface area contributed by atoms with Gasteiger partial charge >= 0.3 is 0 Å². The van der Waals surface area contributed by atoms with Gasteiger partial charge in [0.05, 0.1) is 30.6 Å². The first-order chi connectivity index (χ1) is 16.1. The quantitative estimate of drug-likeness (QED) is 0.489. The molecule has 0 unspecified atom stereocenters. The summed E-state index contributed by atoms with van der Waals surface area (Å²) in [6.07, 6.45) is 7.34. The molecule has 0 aliphatic carbocycles. The molecule has 8 heteroatoms. The van der Waals surface area contributed by atoms with Gasteiger partial charge in [-0.15, -0.1) is 0 Å². The summed E-state index contributed by atoms with van der Waals surface area (Å²) in [5, 5.41) is 3.94. The van der Waals surface area contributed by atoms with Crippen molar-refractivity contribution in [1.29, 1.82) is 0 Å². The van der Waals surface area contributed by atoms with Gasteiger partial charge in [-0.3, -0.25) is 4.79 Å². The Hall–Kier alpha value is -3.78. The number of hydrogen-bond acceptors (Lipinski definition) is 6. The van der Waals surface area contributed by atoms with Crippen LogP contribution in [0.3, 0.4) is 0 Å². The van der Waals surface area contributed by atoms with Crippen LogP contribution >= 0.6 is 0 Å². The zero-order valence-corrected chi connectivity index (χ0v) is 18.7. The van der Waals surface area contributed by atoms with Crippen LogP contribution in [0.15, 0.2) is 61.2 Å². The van der Waals surface area contributed by atoms with Crippen LogP contribution < -0.4 is 10.2 Å². The lowest BCUT2D eigenvalue weighted by Crippen LogP contribution is -2.41. The van der Waals surface area contributed by atoms with E-state index in [-0.39, 0.29) is 23.9 Å². The van der Waals surface area contributed by atoms with Gasteiger partial charge in [-0.25, -0.2) is 15.0 Å². The zero-order chi connectivity index (χ0) is 22.8. The Morgan fingerprint density at radius 3 is 2.73 bits per heavy atom. The van der Waals surface area contributed by atoms with E-state index < -0.39 is 0 Å². The van der Waals surface area contributed by atoms with E-state index in [1.54, 1.807) is 12.4 Å². The Morgan fingerprint density at radius 1 is 1.18 bits per heavy atom. The number of amides is 1. The number of carbonyl (C=O) groups is 1. The maximum absolute atomic E-state index is 12.6. The minimum absolute atomic E-state index is 0.136. The monoisotopic (exact) mass is 442 g/mol. The van der Waals surface area contributed by atoms with Crippen molar-refractivity contribution in [2.24, 2.45) is 0 Å². The van der Waals surface area contributed by atoms with Crippen molar-refractivity contribution < 1.29 is 9.53 Å². The molecular weight excluding hydrogens is 416 g/mol. The van der Waals surface area contributed by atoms with Gasteiger partial charge in [0.25, 0.3) is 5.91 Å². The third-order valence-corrected chi connectivity index (χ3v) is 5.94. The van der Waals surface area contributed by atoms with Gasteiger partial charge in [0, 0.05) is 48.2 Å². The predicted molar refractivity (Wildman–Crippen MR) is 127 cm³/mol. The summed E-state index contributed by atoms with van der Waals surface area (Å²) in [6, 6.07) is 11.8. The molecule has 1 aromatic carbocycles. The van der Waals surface area contributed by atoms with Gasteiger partial charge in [0.2, 0.25) is 5.82 Å². The van der Waals surface area contributed by atoms with Gasteiger partial charge < -0.3 is 19.9 Å². The molecule has 8 nitrogen and oxygen atoms in total. The van der Waals surface area contributed by atoms with Crippen LogP contribution in [0, 0.1) is 0 Å². The van der Waals surface area contributed by atoms with Crippen LogP contribution in [-0.4, -0.2) is 51.6 Å². The summed E-state index contributed by atoms with van der Waals surface area (Å²) in [6.45, 7) is 6.40. The number of aromatic nitrogens is 4. The molecule has 5 rings (SSSR count). The van der Waals surface area contributed by atoms with Crippen LogP contribution in [0.2, 0.25) is 0 Å². The standard InChI is InChI=1S/C25H26N6O2/c1-16-15-31(8-9-33-16)20-10-21-22(14-29-23(21)28-13-20)19-11-26-24(27-12-19)25(32)30-17(2)18-6-4-3-5-7-18/h3-7,10-14,16-17H,8-9,15H2,1-2H3,(H,28,29)(H,30,32)/t16-,17-/m0/s1. The summed E-state index contributed by atoms with van der Waals surface area (Å²) >= 11 is 0. The molecule has 1 aliphatic rings. The van der Waals surface area contributed by atoms with Crippen LogP contribution in [0.25, 0.3) is 22.2 Å². The summed E-state index contributed by atoms with van der Waals surface area (Å²) in [7, 11) is 0. The number of fused-ring (bicyclic) bond motifs is 1. The first-order valence-corrected chi connectivity index (χ1v) is 11.1. The molecule has 1 amide bonds. The van der Waals surface area contributed by atoms with E-state index in [2.05, 4.69) is 43.1 Å². The zero-order valence-electron chi connectivity index (χ0n) is 18.7. The summed E-state index contributed by atoms with van der Waals surface area (Å²) < 4.78 is 5.66. The second-order valence-corrected chi connectivity index (χ2v) is 8.32. The highest BCUT2D eigenvalue weighted by Crippen LogP contribution is 2.30. The van der Waals surface area contributed by atoms with Crippen molar-refractivity contribution in [2.45, 2.75) is 26.0 Å². The fourth-order valence-electron chi connectivity index (χ4n) is 4.13. The molecule has 33 heavy (non-hydrogen) atoms. The topological polar surface area (TPSA) is 96.0 Å². The highest BCUT2D eigenvalue weighted by molar-refractivity contribution is 5.95. The maximum atomic E-state index is 12.6. The third-order valence-electron chi connectivity index (χ3n) is 5.94. The third kappa shape index (κ3) is 4.42. The Morgan fingerprint density at radius 2 is 1.97 bits per heavy atom. The molecule has 4 heterocycles. The number of H-pyrrole nitrogens is 1. The van der Waals surface area contributed by atoms with E-state index in [1.807, 2.05) is 49.6 Å². The molecule has 168 valence electrons. The molecule has 2 N–H and O–H groups in total. The molecule has 2 atom stereocenters. The van der Waals surface area contributed by atoms with E-state index in [4.69, 9.17) is 4.74 Å². The maximum Gasteiger partial charge on any atom is 0.289 e. The molecule has 0 saturated carbocycles. The number of carbonyl (C=O) groups excluding carboxylic acids is 1. The molecule has 3 aromatic heterocycles. The van der Waals surface area contributed by atoms with Gasteiger partial charge in [-0.2, -0.15) is 0 Å². The average molecular weight is 443 g/mol. The molecule has 1 fully saturated rings. The molecule has 0 bridgehead atoms. The van der Waals surface area contributed by atoms with Crippen molar-refractivity contribution in [3.05, 3.63) is 72.6 Å². The molecule has 1 aliphatic heterocycles. The minimum Gasteiger partial charge on any atom is -0.375 e. The number of morpholine rings is 1. The lowest BCUT2D eigenvalue weighted by molar-refractivity contribution is 0.0532. The first-order valence-electron chi connectivity index (χ1n) is 11.1. The Kier molecular flexibility index (Phi) is 5.75. The smallest absolute Gasteiger partial charge is 0.289 e. The molecular formula is C25H26N6O2. The number of anilines is 1. The summed E-state index contributed by atoms with van der Waals surface area (Å²) in [5.74, 6) is -0.162. The van der Waals surface area contributed by atoms with E-state index in [0.29, 0.717) is 6.61 Å². The fourth-order valence-corrected chi connectivity index (χ4v) is 4.13. The summed E-state index contributed by atoms with van der Waals surface area (Å²) in [5.41, 5.74) is 4.66. The van der Waals surface area contributed by atoms with E-state index >= 15 is 0 Å². The number of hydrogen-bond donors (Lipinski definition) is 2. The van der Waals surface area contributed by atoms with Crippen molar-refractivity contribution in [2.75, 3.05) is 24.6 Å². The van der Waals surface area contributed by atoms with Gasteiger partial charge in [0.1, 0.15) is 5.65 Å². The van der Waals surface area contributed by atoms with E-state index in [9.17, 15) is 4.79 Å². The Balaban J connectivity index is 1.36. The van der Waals surface area contributed by atoms with Crippen molar-refractivity contribution in [3.8, 4) is 11.1 Å². The molecule has 4 aromatic rings. The van der Waals surface area contributed by atoms with E-state index in [1.165, 1.54) is 0 Å². The second-order valence-electron chi connectivity index (χ2n) is 8.32. The predicted octanol–water partition coefficient (Wildman–Crippen LogP) is 3.74. The van der Waals surface area contributed by atoms with E-state index in [0.717, 1.165) is 46.5 Å². The number of benzene rings is 1. The number of ether oxygens (including phenoxy) is 1. The normalized spacial score (nSPS) is 17.2. The SMILES string of the molecule is C[C@H](NC(=O)c1ncc(-c2c[nH]c3ncc(N4CCO[C@@H](C)C4)cc23)cn1)c1ccccc1. The highest BCUT2D eigenvalue weighted by atomic mass is 16.5. The number of nitrogens with one attached hydrogen (secondary N) is 2. The van der Waals surface area contributed by atoms with Gasteiger partial charge in [-0.1, -0.05) is 30.3 Å². The molecule has 0 radical (unpaired) electrons. The highest BCUT2D eigenvalue weighted by Gasteiger charge is 2.19. The number of pyridine rings is 1. The van der Waals surface area contributed by atoms with Crippen LogP contribution in [0.4, 0.5) is 5.69 Å². The van der Waals surface area contributed by atoms with Crippen LogP contribution in [0.5, 0.6) is 0 Å². The van der Waals surface area contributed by atoms with Crippen LogP contribution in [0.1, 0.15) is 36.1 Å². The largest absolute Gasteiger partial charge is 0.375 e. The summed E-state index contributed by atoms with van der Waals surface area (Å²) in [4.78, 5) is 31.4. The number of aromatic amines is 1. The minimum atomic E-state index is -0.304. The molecule has 0 spiro atoms. The second kappa shape index (κ2) is 8.99. The van der Waals surface area contributed by atoms with Crippen LogP contribution in [-0.2, 0) is 4.74 Å². The van der Waals surface area contributed by atoms with Gasteiger partial charge in [-0.05, 0) is 25.5 Å². The van der Waals surface area contributed by atoms with Crippen molar-refractivity contribution in [3.63, 3.8) is 0 Å². The number of rotatable bonds is 5.